The van der Waals surface area contributed by atoms with Crippen molar-refractivity contribution in [2.24, 2.45) is 4.99 Å². The van der Waals surface area contributed by atoms with Crippen LogP contribution in [0.3, 0.4) is 0 Å². The Morgan fingerprint density at radius 1 is 1.33 bits per heavy atom. The van der Waals surface area contributed by atoms with Gasteiger partial charge in [-0.15, -0.1) is 0 Å². The third kappa shape index (κ3) is 2.47. The SMILES string of the molecule is CCN(CC)c1cccc(F)c1C1=NCCCN1. The van der Waals surface area contributed by atoms with E-state index in [1.54, 1.807) is 6.07 Å². The summed E-state index contributed by atoms with van der Waals surface area (Å²) in [7, 11) is 0. The minimum atomic E-state index is -0.201. The molecule has 98 valence electrons. The lowest BCUT2D eigenvalue weighted by Gasteiger charge is -2.26. The van der Waals surface area contributed by atoms with Gasteiger partial charge in [0, 0.05) is 26.2 Å². The zero-order valence-electron chi connectivity index (χ0n) is 11.0. The average molecular weight is 249 g/mol. The van der Waals surface area contributed by atoms with Crippen LogP contribution in [0.25, 0.3) is 0 Å². The van der Waals surface area contributed by atoms with E-state index in [0.29, 0.717) is 11.4 Å². The molecule has 1 N–H and O–H groups in total. The van der Waals surface area contributed by atoms with Crippen molar-refractivity contribution in [1.29, 1.82) is 0 Å². The molecular formula is C14H20FN3. The van der Waals surface area contributed by atoms with Crippen LogP contribution < -0.4 is 10.2 Å². The number of halogens is 1. The maximum Gasteiger partial charge on any atom is 0.136 e. The Morgan fingerprint density at radius 3 is 2.72 bits per heavy atom. The molecule has 4 heteroatoms. The molecule has 0 saturated heterocycles. The van der Waals surface area contributed by atoms with E-state index in [9.17, 15) is 4.39 Å². The highest BCUT2D eigenvalue weighted by atomic mass is 19.1. The number of aliphatic imine (C=N–C) groups is 1. The highest BCUT2D eigenvalue weighted by molar-refractivity contribution is 6.04. The Labute approximate surface area is 108 Å². The standard InChI is InChI=1S/C14H20FN3/c1-3-18(4-2)12-8-5-7-11(15)13(12)14-16-9-6-10-17-14/h5,7-8H,3-4,6,9-10H2,1-2H3,(H,16,17). The Bertz CT molecular complexity index is 439. The van der Waals surface area contributed by atoms with Crippen molar-refractivity contribution in [2.75, 3.05) is 31.1 Å². The topological polar surface area (TPSA) is 27.6 Å². The molecule has 1 aromatic rings. The van der Waals surface area contributed by atoms with Crippen molar-refractivity contribution in [1.82, 2.24) is 5.32 Å². The van der Waals surface area contributed by atoms with Gasteiger partial charge in [0.2, 0.25) is 0 Å². The predicted molar refractivity (Wildman–Crippen MR) is 74.0 cm³/mol. The molecule has 0 unspecified atom stereocenters. The van der Waals surface area contributed by atoms with Gasteiger partial charge < -0.3 is 10.2 Å². The molecule has 18 heavy (non-hydrogen) atoms. The molecule has 3 nitrogen and oxygen atoms in total. The van der Waals surface area contributed by atoms with E-state index >= 15 is 0 Å². The molecule has 2 rings (SSSR count). The number of amidine groups is 1. The van der Waals surface area contributed by atoms with Gasteiger partial charge in [0.25, 0.3) is 0 Å². The highest BCUT2D eigenvalue weighted by Crippen LogP contribution is 2.24. The first-order chi connectivity index (χ1) is 8.77. The van der Waals surface area contributed by atoms with Gasteiger partial charge in [-0.1, -0.05) is 6.07 Å². The number of nitrogens with one attached hydrogen (secondary N) is 1. The average Bonchev–Trinajstić information content (AvgIpc) is 2.41. The van der Waals surface area contributed by atoms with Crippen molar-refractivity contribution in [2.45, 2.75) is 20.3 Å². The fraction of sp³-hybridized carbons (Fsp3) is 0.500. The number of nitrogens with zero attached hydrogens (tertiary/aromatic N) is 2. The first-order valence-corrected chi connectivity index (χ1v) is 6.60. The van der Waals surface area contributed by atoms with Crippen molar-refractivity contribution < 1.29 is 4.39 Å². The summed E-state index contributed by atoms with van der Waals surface area (Å²) in [5, 5.41) is 3.20. The molecular weight excluding hydrogens is 229 g/mol. The lowest BCUT2D eigenvalue weighted by molar-refractivity contribution is 0.620. The molecule has 0 amide bonds. The van der Waals surface area contributed by atoms with E-state index in [-0.39, 0.29) is 5.82 Å². The van der Waals surface area contributed by atoms with Gasteiger partial charge in [0.05, 0.1) is 11.3 Å². The van der Waals surface area contributed by atoms with Crippen molar-refractivity contribution in [3.05, 3.63) is 29.6 Å². The second kappa shape index (κ2) is 5.85. The maximum absolute atomic E-state index is 14.1. The molecule has 0 fully saturated rings. The minimum absolute atomic E-state index is 0.201. The van der Waals surface area contributed by atoms with Crippen molar-refractivity contribution in [3.63, 3.8) is 0 Å². The first-order valence-electron chi connectivity index (χ1n) is 6.60. The zero-order chi connectivity index (χ0) is 13.0. The van der Waals surface area contributed by atoms with Gasteiger partial charge in [-0.25, -0.2) is 4.39 Å². The van der Waals surface area contributed by atoms with Crippen LogP contribution in [-0.4, -0.2) is 32.0 Å². The van der Waals surface area contributed by atoms with Gasteiger partial charge in [0.1, 0.15) is 11.7 Å². The molecule has 0 radical (unpaired) electrons. The van der Waals surface area contributed by atoms with E-state index in [4.69, 9.17) is 0 Å². The summed E-state index contributed by atoms with van der Waals surface area (Å²) in [5.41, 5.74) is 1.54. The zero-order valence-corrected chi connectivity index (χ0v) is 11.0. The van der Waals surface area contributed by atoms with E-state index in [1.807, 2.05) is 6.07 Å². The van der Waals surface area contributed by atoms with Crippen LogP contribution in [0.5, 0.6) is 0 Å². The number of rotatable bonds is 4. The van der Waals surface area contributed by atoms with Crippen LogP contribution in [0.1, 0.15) is 25.8 Å². The Hall–Kier alpha value is -1.58. The lowest BCUT2D eigenvalue weighted by Crippen LogP contribution is -2.33. The second-order valence-corrected chi connectivity index (χ2v) is 4.32. The minimum Gasteiger partial charge on any atom is -0.371 e. The monoisotopic (exact) mass is 249 g/mol. The van der Waals surface area contributed by atoms with Gasteiger partial charge in [0.15, 0.2) is 0 Å². The van der Waals surface area contributed by atoms with E-state index in [0.717, 1.165) is 38.3 Å². The number of hydrogen-bond donors (Lipinski definition) is 1. The molecule has 0 spiro atoms. The van der Waals surface area contributed by atoms with Crippen molar-refractivity contribution in [3.8, 4) is 0 Å². The third-order valence-electron chi connectivity index (χ3n) is 3.23. The van der Waals surface area contributed by atoms with E-state index in [1.165, 1.54) is 6.07 Å². The van der Waals surface area contributed by atoms with Gasteiger partial charge >= 0.3 is 0 Å². The summed E-state index contributed by atoms with van der Waals surface area (Å²) in [6, 6.07) is 5.22. The maximum atomic E-state index is 14.1. The molecule has 1 aliphatic rings. The Morgan fingerprint density at radius 2 is 2.11 bits per heavy atom. The fourth-order valence-corrected chi connectivity index (χ4v) is 2.28. The molecule has 0 saturated carbocycles. The highest BCUT2D eigenvalue weighted by Gasteiger charge is 2.18. The summed E-state index contributed by atoms with van der Waals surface area (Å²) in [5.74, 6) is 0.494. The molecule has 0 aliphatic carbocycles. The summed E-state index contributed by atoms with van der Waals surface area (Å²) >= 11 is 0. The third-order valence-corrected chi connectivity index (χ3v) is 3.23. The summed E-state index contributed by atoms with van der Waals surface area (Å²) in [4.78, 5) is 6.56. The molecule has 1 aliphatic heterocycles. The van der Waals surface area contributed by atoms with Crippen molar-refractivity contribution >= 4 is 11.5 Å². The number of anilines is 1. The molecule has 0 atom stereocenters. The van der Waals surface area contributed by atoms with Crippen LogP contribution in [0.2, 0.25) is 0 Å². The summed E-state index contributed by atoms with van der Waals surface area (Å²) in [6.45, 7) is 7.52. The van der Waals surface area contributed by atoms with Gasteiger partial charge in [-0.3, -0.25) is 4.99 Å². The first kappa shape index (κ1) is 12.9. The molecule has 0 aromatic heterocycles. The Balaban J connectivity index is 2.46. The normalized spacial score (nSPS) is 14.9. The lowest BCUT2D eigenvalue weighted by atomic mass is 10.1. The van der Waals surface area contributed by atoms with Crippen LogP contribution in [0.4, 0.5) is 10.1 Å². The van der Waals surface area contributed by atoms with Crippen LogP contribution in [-0.2, 0) is 0 Å². The fourth-order valence-electron chi connectivity index (χ4n) is 2.28. The van der Waals surface area contributed by atoms with Gasteiger partial charge in [-0.05, 0) is 32.4 Å². The smallest absolute Gasteiger partial charge is 0.136 e. The quantitative estimate of drug-likeness (QED) is 0.887. The molecule has 1 heterocycles. The van der Waals surface area contributed by atoms with Gasteiger partial charge in [-0.2, -0.15) is 0 Å². The molecule has 1 aromatic carbocycles. The number of benzene rings is 1. The predicted octanol–water partition coefficient (Wildman–Crippen LogP) is 2.41. The Kier molecular flexibility index (Phi) is 4.18. The van der Waals surface area contributed by atoms with E-state index in [2.05, 4.69) is 29.1 Å². The summed E-state index contributed by atoms with van der Waals surface area (Å²) < 4.78 is 14.1. The van der Waals surface area contributed by atoms with Crippen LogP contribution in [0, 0.1) is 5.82 Å². The van der Waals surface area contributed by atoms with E-state index < -0.39 is 0 Å². The number of hydrogen-bond acceptors (Lipinski definition) is 3. The van der Waals surface area contributed by atoms with Crippen LogP contribution in [0.15, 0.2) is 23.2 Å². The second-order valence-electron chi connectivity index (χ2n) is 4.32. The van der Waals surface area contributed by atoms with Crippen LogP contribution >= 0.6 is 0 Å². The molecule has 0 bridgehead atoms. The largest absolute Gasteiger partial charge is 0.371 e. The summed E-state index contributed by atoms with van der Waals surface area (Å²) in [6.07, 6.45) is 1.01.